The summed E-state index contributed by atoms with van der Waals surface area (Å²) in [7, 11) is -5.54. The Morgan fingerprint density at radius 1 is 1.18 bits per heavy atom. The SMILES string of the molecule is CC#CCN([C@H]1C[C@@H](O[Si](C)(C)C(C)(C)C)CC=C1c1cc2c(cc1C(=O)OC)OCO2)S(=O)(=O)c1ccccc1[N+](=O)[O-]. The Morgan fingerprint density at radius 3 is 2.45 bits per heavy atom. The topological polar surface area (TPSA) is 135 Å². The molecule has 2 aliphatic rings. The fraction of sp³-hybridized carbons (Fsp3) is 0.452. The molecule has 236 valence electrons. The predicted octanol–water partition coefficient (Wildman–Crippen LogP) is 5.76. The first-order valence-electron chi connectivity index (χ1n) is 14.2. The van der Waals surface area contributed by atoms with Crippen LogP contribution in [0.1, 0.15) is 56.5 Å². The summed E-state index contributed by atoms with van der Waals surface area (Å²) in [4.78, 5) is 23.8. The number of nitro benzene ring substituents is 1. The van der Waals surface area contributed by atoms with E-state index in [1.165, 1.54) is 35.7 Å². The Hall–Kier alpha value is -3.70. The average Bonchev–Trinajstić information content (AvgIpc) is 3.43. The van der Waals surface area contributed by atoms with Crippen LogP contribution >= 0.6 is 0 Å². The van der Waals surface area contributed by atoms with E-state index in [1.54, 1.807) is 13.0 Å². The summed E-state index contributed by atoms with van der Waals surface area (Å²) in [5, 5.41) is 11.8. The molecular weight excluding hydrogens is 604 g/mol. The van der Waals surface area contributed by atoms with Gasteiger partial charge in [0.05, 0.1) is 36.3 Å². The highest BCUT2D eigenvalue weighted by Gasteiger charge is 2.44. The number of benzene rings is 2. The Kier molecular flexibility index (Phi) is 9.60. The van der Waals surface area contributed by atoms with E-state index in [1.807, 2.05) is 6.08 Å². The summed E-state index contributed by atoms with van der Waals surface area (Å²) in [5.41, 5.74) is 0.542. The van der Waals surface area contributed by atoms with E-state index in [0.717, 1.165) is 6.07 Å². The summed E-state index contributed by atoms with van der Waals surface area (Å²) in [6, 6.07) is 7.49. The van der Waals surface area contributed by atoms with Crippen molar-refractivity contribution in [2.75, 3.05) is 20.4 Å². The number of rotatable bonds is 9. The van der Waals surface area contributed by atoms with Crippen molar-refractivity contribution in [2.24, 2.45) is 0 Å². The second-order valence-corrected chi connectivity index (χ2v) is 18.7. The van der Waals surface area contributed by atoms with Crippen LogP contribution < -0.4 is 9.47 Å². The largest absolute Gasteiger partial charge is 0.465 e. The van der Waals surface area contributed by atoms with Crippen LogP contribution in [0, 0.1) is 22.0 Å². The molecule has 0 fully saturated rings. The Bertz CT molecular complexity index is 1650. The summed E-state index contributed by atoms with van der Waals surface area (Å²) in [6.45, 7) is 11.9. The number of methoxy groups -OCH3 is 1. The highest BCUT2D eigenvalue weighted by Crippen LogP contribution is 2.44. The number of carbonyl (C=O) groups is 1. The normalized spacial score (nSPS) is 18.3. The van der Waals surface area contributed by atoms with Gasteiger partial charge in [-0.2, -0.15) is 4.31 Å². The van der Waals surface area contributed by atoms with Crippen LogP contribution in [0.4, 0.5) is 5.69 Å². The molecule has 0 saturated carbocycles. The van der Waals surface area contributed by atoms with Crippen molar-refractivity contribution in [1.82, 2.24) is 4.31 Å². The summed E-state index contributed by atoms with van der Waals surface area (Å²) >= 11 is 0. The van der Waals surface area contributed by atoms with Crippen LogP contribution in [-0.2, 0) is 19.2 Å². The van der Waals surface area contributed by atoms with Gasteiger partial charge in [0.15, 0.2) is 24.7 Å². The molecule has 11 nitrogen and oxygen atoms in total. The monoisotopic (exact) mass is 642 g/mol. The third-order valence-electron chi connectivity index (χ3n) is 8.35. The third kappa shape index (κ3) is 6.53. The zero-order chi connectivity index (χ0) is 32.4. The fourth-order valence-corrected chi connectivity index (χ4v) is 8.11. The van der Waals surface area contributed by atoms with Gasteiger partial charge in [0.1, 0.15) is 0 Å². The zero-order valence-electron chi connectivity index (χ0n) is 26.0. The van der Waals surface area contributed by atoms with Crippen molar-refractivity contribution in [3.8, 4) is 23.3 Å². The van der Waals surface area contributed by atoms with Gasteiger partial charge in [-0.1, -0.05) is 44.9 Å². The molecule has 44 heavy (non-hydrogen) atoms. The first-order valence-corrected chi connectivity index (χ1v) is 18.5. The molecule has 0 amide bonds. The molecule has 0 spiro atoms. The number of hydrogen-bond acceptors (Lipinski definition) is 9. The lowest BCUT2D eigenvalue weighted by atomic mass is 9.85. The van der Waals surface area contributed by atoms with Gasteiger partial charge in [-0.3, -0.25) is 10.1 Å². The Labute approximate surface area is 259 Å². The molecule has 0 N–H and O–H groups in total. The maximum Gasteiger partial charge on any atom is 0.338 e. The smallest absolute Gasteiger partial charge is 0.338 e. The van der Waals surface area contributed by atoms with Gasteiger partial charge >= 0.3 is 5.97 Å². The molecule has 0 aromatic heterocycles. The Balaban J connectivity index is 1.94. The number of para-hydroxylation sites is 1. The van der Waals surface area contributed by atoms with E-state index < -0.39 is 45.9 Å². The predicted molar refractivity (Wildman–Crippen MR) is 167 cm³/mol. The number of nitro groups is 1. The van der Waals surface area contributed by atoms with Crippen LogP contribution in [0.5, 0.6) is 11.5 Å². The van der Waals surface area contributed by atoms with E-state index >= 15 is 0 Å². The summed E-state index contributed by atoms with van der Waals surface area (Å²) in [6.07, 6.45) is 2.18. The quantitative estimate of drug-likeness (QED) is 0.110. The number of esters is 1. The standard InChI is InChI=1S/C31H38N2O9SSi/c1-8-9-16-32(43(37,38)29-13-11-10-12-25(29)33(35)36)26-17-21(42-44(6,7)31(2,3)4)14-15-22(26)23-18-27-28(41-20-40-27)19-24(23)30(34)39-5/h10-13,15,18-19,21,26H,14,16-17,20H2,1-7H3/t21-,26-/m0/s1. The molecule has 1 aliphatic heterocycles. The van der Waals surface area contributed by atoms with Crippen molar-refractivity contribution < 1.29 is 36.8 Å². The average molecular weight is 643 g/mol. The molecule has 0 bridgehead atoms. The van der Waals surface area contributed by atoms with Crippen LogP contribution in [-0.4, -0.2) is 64.5 Å². The third-order valence-corrected chi connectivity index (χ3v) is 14.8. The fourth-order valence-electron chi connectivity index (χ4n) is 5.05. The number of fused-ring (bicyclic) bond motifs is 1. The number of nitrogens with zero attached hydrogens (tertiary/aromatic N) is 2. The molecule has 2 aromatic rings. The van der Waals surface area contributed by atoms with E-state index in [9.17, 15) is 23.3 Å². The molecule has 1 aliphatic carbocycles. The van der Waals surface area contributed by atoms with E-state index in [2.05, 4.69) is 45.7 Å². The molecule has 0 radical (unpaired) electrons. The number of carbonyl (C=O) groups excluding carboxylic acids is 1. The minimum atomic E-state index is -4.50. The second-order valence-electron chi connectivity index (χ2n) is 12.1. The van der Waals surface area contributed by atoms with Crippen LogP contribution in [0.3, 0.4) is 0 Å². The molecule has 0 saturated heterocycles. The van der Waals surface area contributed by atoms with Crippen molar-refractivity contribution >= 4 is 35.6 Å². The van der Waals surface area contributed by atoms with Crippen LogP contribution in [0.2, 0.25) is 18.1 Å². The van der Waals surface area contributed by atoms with E-state index in [0.29, 0.717) is 29.1 Å². The lowest BCUT2D eigenvalue weighted by molar-refractivity contribution is -0.387. The number of sulfonamides is 1. The van der Waals surface area contributed by atoms with Gasteiger partial charge in [-0.25, -0.2) is 13.2 Å². The molecular formula is C31H38N2O9SSi. The molecule has 1 heterocycles. The van der Waals surface area contributed by atoms with Gasteiger partial charge in [0, 0.05) is 6.07 Å². The first-order chi connectivity index (χ1) is 20.6. The molecule has 4 rings (SSSR count). The lowest BCUT2D eigenvalue weighted by Crippen LogP contribution is -2.49. The molecule has 13 heteroatoms. The molecule has 2 aromatic carbocycles. The second kappa shape index (κ2) is 12.7. The van der Waals surface area contributed by atoms with Gasteiger partial charge in [0.25, 0.3) is 15.7 Å². The van der Waals surface area contributed by atoms with Crippen molar-refractivity contribution in [3.05, 3.63) is 63.7 Å². The zero-order valence-corrected chi connectivity index (χ0v) is 27.8. The van der Waals surface area contributed by atoms with Crippen LogP contribution in [0.15, 0.2) is 47.4 Å². The maximum absolute atomic E-state index is 14.4. The first kappa shape index (κ1) is 33.2. The lowest BCUT2D eigenvalue weighted by Gasteiger charge is -2.43. The summed E-state index contributed by atoms with van der Waals surface area (Å²) < 4.78 is 52.9. The van der Waals surface area contributed by atoms with Crippen LogP contribution in [0.25, 0.3) is 5.57 Å². The number of hydrogen-bond donors (Lipinski definition) is 0. The maximum atomic E-state index is 14.4. The highest BCUT2D eigenvalue weighted by molar-refractivity contribution is 7.89. The minimum absolute atomic E-state index is 0.0332. The van der Waals surface area contributed by atoms with Gasteiger partial charge < -0.3 is 18.6 Å². The van der Waals surface area contributed by atoms with Crippen molar-refractivity contribution in [1.29, 1.82) is 0 Å². The van der Waals surface area contributed by atoms with Gasteiger partial charge in [-0.05, 0) is 67.2 Å². The molecule has 2 atom stereocenters. The summed E-state index contributed by atoms with van der Waals surface area (Å²) in [5.74, 6) is 5.72. The van der Waals surface area contributed by atoms with Gasteiger partial charge in [-0.15, -0.1) is 5.92 Å². The highest BCUT2D eigenvalue weighted by atomic mass is 32.2. The minimum Gasteiger partial charge on any atom is -0.465 e. The Morgan fingerprint density at radius 2 is 1.84 bits per heavy atom. The van der Waals surface area contributed by atoms with E-state index in [-0.39, 0.29) is 36.5 Å². The van der Waals surface area contributed by atoms with Crippen molar-refractivity contribution in [2.45, 2.75) is 75.7 Å². The van der Waals surface area contributed by atoms with E-state index in [4.69, 9.17) is 18.6 Å². The number of ether oxygens (including phenoxy) is 3. The molecule has 0 unspecified atom stereocenters. The van der Waals surface area contributed by atoms with Crippen molar-refractivity contribution in [3.63, 3.8) is 0 Å². The van der Waals surface area contributed by atoms with Gasteiger partial charge in [0.2, 0.25) is 6.79 Å².